The summed E-state index contributed by atoms with van der Waals surface area (Å²) in [5.74, 6) is 0.0844. The van der Waals surface area contributed by atoms with Gasteiger partial charge in [-0.3, -0.25) is 9.59 Å². The Bertz CT molecular complexity index is 742. The molecule has 0 saturated carbocycles. The summed E-state index contributed by atoms with van der Waals surface area (Å²) >= 11 is 6.04. The molecule has 0 atom stereocenters. The first-order valence-electron chi connectivity index (χ1n) is 7.46. The number of halogens is 1. The molecular formula is C18H19ClN2O3. The van der Waals surface area contributed by atoms with Crippen LogP contribution in [0.15, 0.2) is 42.5 Å². The second-order valence-electron chi connectivity index (χ2n) is 5.51. The van der Waals surface area contributed by atoms with Gasteiger partial charge in [0, 0.05) is 22.9 Å². The Morgan fingerprint density at radius 1 is 1.00 bits per heavy atom. The average Bonchev–Trinajstić information content (AvgIpc) is 2.54. The SMILES string of the molecule is COc1ccc(NC(=O)c2ccc(C(=O)NC(C)C)cc2)cc1Cl. The number of carbonyl (C=O) groups excluding carboxylic acids is 2. The average molecular weight is 347 g/mol. The molecule has 0 radical (unpaired) electrons. The number of hydrogen-bond donors (Lipinski definition) is 2. The summed E-state index contributed by atoms with van der Waals surface area (Å²) in [6.45, 7) is 3.78. The van der Waals surface area contributed by atoms with Crippen molar-refractivity contribution in [2.45, 2.75) is 19.9 Å². The van der Waals surface area contributed by atoms with Crippen molar-refractivity contribution in [1.29, 1.82) is 0 Å². The van der Waals surface area contributed by atoms with Crippen molar-refractivity contribution >= 4 is 29.1 Å². The number of amides is 2. The number of hydrogen-bond acceptors (Lipinski definition) is 3. The summed E-state index contributed by atoms with van der Waals surface area (Å²) in [6, 6.07) is 11.5. The van der Waals surface area contributed by atoms with E-state index in [2.05, 4.69) is 10.6 Å². The number of ether oxygens (including phenoxy) is 1. The fourth-order valence-corrected chi connectivity index (χ4v) is 2.32. The normalized spacial score (nSPS) is 10.4. The number of carbonyl (C=O) groups is 2. The quantitative estimate of drug-likeness (QED) is 0.866. The fourth-order valence-electron chi connectivity index (χ4n) is 2.07. The highest BCUT2D eigenvalue weighted by molar-refractivity contribution is 6.32. The minimum absolute atomic E-state index is 0.0558. The summed E-state index contributed by atoms with van der Waals surface area (Å²) < 4.78 is 5.07. The number of benzene rings is 2. The molecule has 24 heavy (non-hydrogen) atoms. The van der Waals surface area contributed by atoms with Crippen LogP contribution < -0.4 is 15.4 Å². The molecule has 0 bridgehead atoms. The van der Waals surface area contributed by atoms with E-state index in [9.17, 15) is 9.59 Å². The van der Waals surface area contributed by atoms with E-state index in [1.54, 1.807) is 42.5 Å². The van der Waals surface area contributed by atoms with Gasteiger partial charge in [0.1, 0.15) is 5.75 Å². The summed E-state index contributed by atoms with van der Waals surface area (Å²) in [4.78, 5) is 24.1. The van der Waals surface area contributed by atoms with Crippen molar-refractivity contribution in [3.63, 3.8) is 0 Å². The van der Waals surface area contributed by atoms with Crippen molar-refractivity contribution in [1.82, 2.24) is 5.32 Å². The molecule has 0 heterocycles. The second-order valence-corrected chi connectivity index (χ2v) is 5.92. The van der Waals surface area contributed by atoms with E-state index in [4.69, 9.17) is 16.3 Å². The highest BCUT2D eigenvalue weighted by atomic mass is 35.5. The number of methoxy groups -OCH3 is 1. The van der Waals surface area contributed by atoms with Crippen molar-refractivity contribution in [3.8, 4) is 5.75 Å². The first-order chi connectivity index (χ1) is 11.4. The van der Waals surface area contributed by atoms with Crippen molar-refractivity contribution in [2.75, 3.05) is 12.4 Å². The van der Waals surface area contributed by atoms with Crippen molar-refractivity contribution < 1.29 is 14.3 Å². The Kier molecular flexibility index (Phi) is 5.82. The Morgan fingerprint density at radius 2 is 1.58 bits per heavy atom. The molecule has 0 aliphatic heterocycles. The highest BCUT2D eigenvalue weighted by Crippen LogP contribution is 2.27. The maximum atomic E-state index is 12.3. The summed E-state index contributed by atoms with van der Waals surface area (Å²) in [6.07, 6.45) is 0. The van der Waals surface area contributed by atoms with E-state index in [-0.39, 0.29) is 17.9 Å². The van der Waals surface area contributed by atoms with Gasteiger partial charge in [0.15, 0.2) is 0 Å². The lowest BCUT2D eigenvalue weighted by atomic mass is 10.1. The smallest absolute Gasteiger partial charge is 0.255 e. The lowest BCUT2D eigenvalue weighted by molar-refractivity contribution is 0.0941. The van der Waals surface area contributed by atoms with Crippen LogP contribution in [0.4, 0.5) is 5.69 Å². The number of anilines is 1. The zero-order chi connectivity index (χ0) is 17.7. The molecule has 0 aliphatic carbocycles. The molecule has 0 aromatic heterocycles. The summed E-state index contributed by atoms with van der Waals surface area (Å²) in [5, 5.41) is 5.96. The second kappa shape index (κ2) is 7.84. The molecule has 0 fully saturated rings. The van der Waals surface area contributed by atoms with Crippen LogP contribution >= 0.6 is 11.6 Å². The zero-order valence-electron chi connectivity index (χ0n) is 13.7. The van der Waals surface area contributed by atoms with Gasteiger partial charge >= 0.3 is 0 Å². The maximum Gasteiger partial charge on any atom is 0.255 e. The molecular weight excluding hydrogens is 328 g/mol. The maximum absolute atomic E-state index is 12.3. The Labute approximate surface area is 146 Å². The molecule has 6 heteroatoms. The van der Waals surface area contributed by atoms with E-state index in [0.29, 0.717) is 27.6 Å². The first kappa shape index (κ1) is 17.8. The van der Waals surface area contributed by atoms with Crippen LogP contribution in [-0.2, 0) is 0 Å². The van der Waals surface area contributed by atoms with Gasteiger partial charge in [-0.2, -0.15) is 0 Å². The van der Waals surface area contributed by atoms with Gasteiger partial charge in [0.05, 0.1) is 12.1 Å². The Balaban J connectivity index is 2.07. The zero-order valence-corrected chi connectivity index (χ0v) is 14.5. The standard InChI is InChI=1S/C18H19ClN2O3/c1-11(2)20-17(22)12-4-6-13(7-5-12)18(23)21-14-8-9-16(24-3)15(19)10-14/h4-11H,1-3H3,(H,20,22)(H,21,23). The summed E-state index contributed by atoms with van der Waals surface area (Å²) in [5.41, 5.74) is 1.52. The molecule has 0 aliphatic rings. The van der Waals surface area contributed by atoms with Crippen LogP contribution in [-0.4, -0.2) is 25.0 Å². The lowest BCUT2D eigenvalue weighted by Gasteiger charge is -2.10. The molecule has 2 N–H and O–H groups in total. The van der Waals surface area contributed by atoms with Gasteiger partial charge in [-0.25, -0.2) is 0 Å². The lowest BCUT2D eigenvalue weighted by Crippen LogP contribution is -2.30. The highest BCUT2D eigenvalue weighted by Gasteiger charge is 2.11. The fraction of sp³-hybridized carbons (Fsp3) is 0.222. The molecule has 2 aromatic carbocycles. The van der Waals surface area contributed by atoms with Gasteiger partial charge in [-0.15, -0.1) is 0 Å². The molecule has 2 rings (SSSR count). The third kappa shape index (κ3) is 4.49. The third-order valence-electron chi connectivity index (χ3n) is 3.24. The minimum Gasteiger partial charge on any atom is -0.495 e. The van der Waals surface area contributed by atoms with E-state index >= 15 is 0 Å². The molecule has 0 unspecified atom stereocenters. The minimum atomic E-state index is -0.285. The molecule has 2 aromatic rings. The van der Waals surface area contributed by atoms with E-state index in [0.717, 1.165) is 0 Å². The third-order valence-corrected chi connectivity index (χ3v) is 3.53. The van der Waals surface area contributed by atoms with Crippen LogP contribution in [0.5, 0.6) is 5.75 Å². The largest absolute Gasteiger partial charge is 0.495 e. The van der Waals surface area contributed by atoms with Crippen LogP contribution in [0.3, 0.4) is 0 Å². The molecule has 126 valence electrons. The van der Waals surface area contributed by atoms with Crippen molar-refractivity contribution in [3.05, 3.63) is 58.6 Å². The van der Waals surface area contributed by atoms with Gasteiger partial charge in [-0.05, 0) is 56.3 Å². The topological polar surface area (TPSA) is 67.4 Å². The predicted molar refractivity (Wildman–Crippen MR) is 95.0 cm³/mol. The summed E-state index contributed by atoms with van der Waals surface area (Å²) in [7, 11) is 1.52. The Morgan fingerprint density at radius 3 is 2.08 bits per heavy atom. The van der Waals surface area contributed by atoms with Gasteiger partial charge in [0.2, 0.25) is 0 Å². The monoisotopic (exact) mass is 346 g/mol. The number of rotatable bonds is 5. The molecule has 5 nitrogen and oxygen atoms in total. The van der Waals surface area contributed by atoms with Gasteiger partial charge < -0.3 is 15.4 Å². The van der Waals surface area contributed by atoms with Crippen LogP contribution in [0.2, 0.25) is 5.02 Å². The van der Waals surface area contributed by atoms with Gasteiger partial charge in [0.25, 0.3) is 11.8 Å². The van der Waals surface area contributed by atoms with E-state index < -0.39 is 0 Å². The molecule has 0 saturated heterocycles. The van der Waals surface area contributed by atoms with Crippen molar-refractivity contribution in [2.24, 2.45) is 0 Å². The van der Waals surface area contributed by atoms with E-state index in [1.165, 1.54) is 7.11 Å². The Hall–Kier alpha value is -2.53. The first-order valence-corrected chi connectivity index (χ1v) is 7.84. The van der Waals surface area contributed by atoms with Crippen LogP contribution in [0, 0.1) is 0 Å². The van der Waals surface area contributed by atoms with E-state index in [1.807, 2.05) is 13.8 Å². The predicted octanol–water partition coefficient (Wildman–Crippen LogP) is 3.74. The van der Waals surface area contributed by atoms with Gasteiger partial charge in [-0.1, -0.05) is 11.6 Å². The van der Waals surface area contributed by atoms with Crippen LogP contribution in [0.25, 0.3) is 0 Å². The van der Waals surface area contributed by atoms with Crippen LogP contribution in [0.1, 0.15) is 34.6 Å². The molecule has 0 spiro atoms. The number of nitrogens with one attached hydrogen (secondary N) is 2. The molecule has 2 amide bonds.